The molecule has 1 aromatic heterocycles. The van der Waals surface area contributed by atoms with Gasteiger partial charge in [0.25, 0.3) is 5.52 Å². The quantitative estimate of drug-likeness (QED) is 0.599. The molecule has 0 unspecified atom stereocenters. The zero-order valence-corrected chi connectivity index (χ0v) is 7.19. The molecule has 0 aliphatic carbocycles. The van der Waals surface area contributed by atoms with Crippen LogP contribution in [0.4, 0.5) is 0 Å². The van der Waals surface area contributed by atoms with Crippen molar-refractivity contribution in [1.29, 1.82) is 0 Å². The molecule has 0 spiro atoms. The van der Waals surface area contributed by atoms with E-state index in [1.165, 1.54) is 0 Å². The number of fused-ring (bicyclic) bond motifs is 1. The SMILES string of the molecule is CC(C)[n+]1onc2ccccc21. The maximum atomic E-state index is 5.14. The van der Waals surface area contributed by atoms with Crippen LogP contribution in [0.15, 0.2) is 28.9 Å². The van der Waals surface area contributed by atoms with E-state index >= 15 is 0 Å². The second kappa shape index (κ2) is 2.59. The largest absolute Gasteiger partial charge is 0.273 e. The smallest absolute Gasteiger partial charge is 0.0838 e. The van der Waals surface area contributed by atoms with Gasteiger partial charge in [-0.2, -0.15) is 0 Å². The molecule has 0 N–H and O–H groups in total. The van der Waals surface area contributed by atoms with E-state index in [1.807, 2.05) is 24.3 Å². The van der Waals surface area contributed by atoms with Crippen LogP contribution >= 0.6 is 0 Å². The van der Waals surface area contributed by atoms with Gasteiger partial charge in [0, 0.05) is 0 Å². The first-order chi connectivity index (χ1) is 5.79. The molecule has 12 heavy (non-hydrogen) atoms. The third-order valence-corrected chi connectivity index (χ3v) is 1.82. The fourth-order valence-corrected chi connectivity index (χ4v) is 1.23. The highest BCUT2D eigenvalue weighted by molar-refractivity contribution is 5.69. The molecule has 0 saturated carbocycles. The number of aromatic nitrogens is 2. The molecule has 0 radical (unpaired) electrons. The van der Waals surface area contributed by atoms with E-state index in [1.54, 1.807) is 4.74 Å². The molecule has 1 aromatic carbocycles. The monoisotopic (exact) mass is 163 g/mol. The second-order valence-electron chi connectivity index (χ2n) is 3.08. The average Bonchev–Trinajstić information content (AvgIpc) is 2.47. The summed E-state index contributed by atoms with van der Waals surface area (Å²) in [5, 5.41) is 3.93. The van der Waals surface area contributed by atoms with Crippen molar-refractivity contribution in [3.05, 3.63) is 24.3 Å². The van der Waals surface area contributed by atoms with Crippen molar-refractivity contribution in [3.8, 4) is 0 Å². The van der Waals surface area contributed by atoms with Gasteiger partial charge in [0.05, 0.1) is 0 Å². The summed E-state index contributed by atoms with van der Waals surface area (Å²) in [5.41, 5.74) is 1.96. The molecule has 3 nitrogen and oxygen atoms in total. The number of para-hydroxylation sites is 1. The maximum Gasteiger partial charge on any atom is 0.273 e. The van der Waals surface area contributed by atoms with Crippen LogP contribution in [0.1, 0.15) is 19.9 Å². The Morgan fingerprint density at radius 3 is 2.83 bits per heavy atom. The standard InChI is InChI=1S/C9H11N2O/c1-7(2)11-9-6-4-3-5-8(9)10-12-11/h3-7H,1-2H3/q+1. The highest BCUT2D eigenvalue weighted by Gasteiger charge is 2.16. The van der Waals surface area contributed by atoms with E-state index in [-0.39, 0.29) is 0 Å². The maximum absolute atomic E-state index is 5.14. The summed E-state index contributed by atoms with van der Waals surface area (Å²) in [7, 11) is 0. The molecular formula is C9H11N2O+. The van der Waals surface area contributed by atoms with Crippen molar-refractivity contribution in [2.24, 2.45) is 0 Å². The molecule has 0 aliphatic rings. The van der Waals surface area contributed by atoms with Crippen molar-refractivity contribution in [2.45, 2.75) is 19.9 Å². The van der Waals surface area contributed by atoms with Gasteiger partial charge < -0.3 is 0 Å². The Morgan fingerprint density at radius 1 is 1.33 bits per heavy atom. The molecule has 0 amide bonds. The molecule has 0 atom stereocenters. The fourth-order valence-electron chi connectivity index (χ4n) is 1.23. The van der Waals surface area contributed by atoms with E-state index in [4.69, 9.17) is 4.63 Å². The van der Waals surface area contributed by atoms with Crippen molar-refractivity contribution in [2.75, 3.05) is 0 Å². The van der Waals surface area contributed by atoms with E-state index in [0.29, 0.717) is 6.04 Å². The summed E-state index contributed by atoms with van der Waals surface area (Å²) in [5.74, 6) is 0. The molecule has 0 aliphatic heterocycles. The molecule has 0 bridgehead atoms. The van der Waals surface area contributed by atoms with Gasteiger partial charge in [0.15, 0.2) is 5.16 Å². The zero-order valence-electron chi connectivity index (χ0n) is 7.19. The van der Waals surface area contributed by atoms with Gasteiger partial charge in [-0.05, 0) is 26.0 Å². The summed E-state index contributed by atoms with van der Waals surface area (Å²) in [6.45, 7) is 4.13. The van der Waals surface area contributed by atoms with E-state index in [9.17, 15) is 0 Å². The lowest BCUT2D eigenvalue weighted by atomic mass is 10.3. The van der Waals surface area contributed by atoms with Crippen molar-refractivity contribution < 1.29 is 9.37 Å². The van der Waals surface area contributed by atoms with Gasteiger partial charge in [0.1, 0.15) is 6.04 Å². The van der Waals surface area contributed by atoms with E-state index < -0.39 is 0 Å². The summed E-state index contributed by atoms with van der Waals surface area (Å²) in [4.78, 5) is 0. The third-order valence-electron chi connectivity index (χ3n) is 1.82. The molecule has 1 heterocycles. The highest BCUT2D eigenvalue weighted by atomic mass is 16.6. The first-order valence-corrected chi connectivity index (χ1v) is 4.05. The first-order valence-electron chi connectivity index (χ1n) is 4.05. The van der Waals surface area contributed by atoms with Crippen LogP contribution in [-0.2, 0) is 0 Å². The molecule has 2 rings (SSSR count). The number of hydrogen-bond acceptors (Lipinski definition) is 2. The summed E-state index contributed by atoms with van der Waals surface area (Å²) >= 11 is 0. The Hall–Kier alpha value is -1.38. The Labute approximate surface area is 70.6 Å². The van der Waals surface area contributed by atoms with Gasteiger partial charge in [0.2, 0.25) is 5.52 Å². The van der Waals surface area contributed by atoms with E-state index in [0.717, 1.165) is 11.0 Å². The number of benzene rings is 1. The molecular weight excluding hydrogens is 152 g/mol. The zero-order chi connectivity index (χ0) is 8.55. The Bertz CT molecular complexity index is 392. The number of rotatable bonds is 1. The van der Waals surface area contributed by atoms with Crippen molar-refractivity contribution >= 4 is 11.0 Å². The summed E-state index contributed by atoms with van der Waals surface area (Å²) < 4.78 is 6.94. The average molecular weight is 163 g/mol. The minimum absolute atomic E-state index is 0.317. The predicted octanol–water partition coefficient (Wildman–Crippen LogP) is 1.70. The lowest BCUT2D eigenvalue weighted by Gasteiger charge is -1.93. The highest BCUT2D eigenvalue weighted by Crippen LogP contribution is 2.07. The van der Waals surface area contributed by atoms with Crippen LogP contribution in [-0.4, -0.2) is 5.16 Å². The normalized spacial score (nSPS) is 11.2. The van der Waals surface area contributed by atoms with Gasteiger partial charge in [-0.3, -0.25) is 0 Å². The molecule has 2 aromatic rings. The summed E-state index contributed by atoms with van der Waals surface area (Å²) in [6, 6.07) is 8.20. The second-order valence-corrected chi connectivity index (χ2v) is 3.08. The van der Waals surface area contributed by atoms with Crippen LogP contribution < -0.4 is 4.74 Å². The molecule has 62 valence electrons. The molecule has 3 heteroatoms. The van der Waals surface area contributed by atoms with Gasteiger partial charge in [-0.15, -0.1) is 0 Å². The van der Waals surface area contributed by atoms with Crippen LogP contribution in [0, 0.1) is 0 Å². The van der Waals surface area contributed by atoms with Crippen LogP contribution in [0.2, 0.25) is 0 Å². The van der Waals surface area contributed by atoms with Crippen molar-refractivity contribution in [1.82, 2.24) is 5.16 Å². The molecule has 0 fully saturated rings. The fraction of sp³-hybridized carbons (Fsp3) is 0.333. The van der Waals surface area contributed by atoms with Crippen molar-refractivity contribution in [3.63, 3.8) is 0 Å². The molecule has 0 saturated heterocycles. The van der Waals surface area contributed by atoms with Gasteiger partial charge >= 0.3 is 0 Å². The van der Waals surface area contributed by atoms with Gasteiger partial charge in [-0.25, -0.2) is 0 Å². The Balaban J connectivity index is 2.70. The lowest BCUT2D eigenvalue weighted by Crippen LogP contribution is -2.34. The van der Waals surface area contributed by atoms with Crippen LogP contribution in [0.5, 0.6) is 0 Å². The Morgan fingerprint density at radius 2 is 2.08 bits per heavy atom. The first kappa shape index (κ1) is 7.28. The summed E-state index contributed by atoms with van der Waals surface area (Å²) in [6.07, 6.45) is 0. The Kier molecular flexibility index (Phi) is 1.57. The number of hydrogen-bond donors (Lipinski definition) is 0. The topological polar surface area (TPSA) is 29.9 Å². The van der Waals surface area contributed by atoms with Crippen LogP contribution in [0.25, 0.3) is 11.0 Å². The van der Waals surface area contributed by atoms with Crippen LogP contribution in [0.3, 0.4) is 0 Å². The minimum atomic E-state index is 0.317. The van der Waals surface area contributed by atoms with E-state index in [2.05, 4.69) is 19.0 Å². The third kappa shape index (κ3) is 0.978. The minimum Gasteiger partial charge on any atom is -0.0838 e. The number of nitrogens with zero attached hydrogens (tertiary/aromatic N) is 2. The predicted molar refractivity (Wildman–Crippen MR) is 44.6 cm³/mol. The lowest BCUT2D eigenvalue weighted by molar-refractivity contribution is -0.867. The van der Waals surface area contributed by atoms with Gasteiger partial charge in [-0.1, -0.05) is 21.5 Å².